The van der Waals surface area contributed by atoms with Crippen LogP contribution in [0.1, 0.15) is 19.4 Å². The van der Waals surface area contributed by atoms with Crippen molar-refractivity contribution in [3.63, 3.8) is 0 Å². The number of benzene rings is 1. The number of fused-ring (bicyclic) bond motifs is 1. The molecule has 2 atom stereocenters. The molecule has 0 aromatic heterocycles. The largest absolute Gasteiger partial charge is 0.469 e. The zero-order chi connectivity index (χ0) is 19.4. The molecule has 1 amide bonds. The summed E-state index contributed by atoms with van der Waals surface area (Å²) in [5.41, 5.74) is 2.19. The van der Waals surface area contributed by atoms with E-state index in [-0.39, 0.29) is 54.2 Å². The first-order valence-corrected chi connectivity index (χ1v) is 9.54. The number of hydrogen-bond acceptors (Lipinski definition) is 4. The lowest BCUT2D eigenvalue weighted by atomic mass is 9.99. The predicted molar refractivity (Wildman–Crippen MR) is 120 cm³/mol. The van der Waals surface area contributed by atoms with Crippen LogP contribution in [0.3, 0.4) is 0 Å². The number of guanidine groups is 1. The fourth-order valence-corrected chi connectivity index (χ4v) is 3.85. The molecule has 2 aliphatic heterocycles. The molecular formula is C20H29IN4O3. The van der Waals surface area contributed by atoms with Gasteiger partial charge in [0, 0.05) is 31.9 Å². The van der Waals surface area contributed by atoms with E-state index in [1.165, 1.54) is 12.7 Å². The molecular weight excluding hydrogens is 471 g/mol. The highest BCUT2D eigenvalue weighted by molar-refractivity contribution is 14.0. The highest BCUT2D eigenvalue weighted by atomic mass is 127. The van der Waals surface area contributed by atoms with Crippen molar-refractivity contribution in [1.29, 1.82) is 0 Å². The number of nitrogens with one attached hydrogen (secondary N) is 1. The first kappa shape index (κ1) is 22.4. The van der Waals surface area contributed by atoms with E-state index < -0.39 is 0 Å². The highest BCUT2D eigenvalue weighted by Crippen LogP contribution is 2.27. The van der Waals surface area contributed by atoms with E-state index >= 15 is 0 Å². The molecule has 1 N–H and O–H groups in total. The van der Waals surface area contributed by atoms with Crippen LogP contribution in [0.2, 0.25) is 0 Å². The number of carbonyl (C=O) groups is 2. The van der Waals surface area contributed by atoms with E-state index in [1.54, 1.807) is 0 Å². The number of rotatable bonds is 4. The third-order valence-electron chi connectivity index (χ3n) is 5.30. The van der Waals surface area contributed by atoms with Crippen LogP contribution in [0.4, 0.5) is 5.69 Å². The van der Waals surface area contributed by atoms with Crippen LogP contribution in [0, 0.1) is 11.8 Å². The summed E-state index contributed by atoms with van der Waals surface area (Å²) < 4.78 is 4.90. The van der Waals surface area contributed by atoms with Gasteiger partial charge in [-0.1, -0.05) is 25.1 Å². The van der Waals surface area contributed by atoms with Crippen molar-refractivity contribution in [2.45, 2.75) is 20.3 Å². The van der Waals surface area contributed by atoms with E-state index in [0.717, 1.165) is 12.1 Å². The number of ether oxygens (including phenoxy) is 1. The van der Waals surface area contributed by atoms with E-state index in [2.05, 4.69) is 16.4 Å². The summed E-state index contributed by atoms with van der Waals surface area (Å²) in [6.45, 7) is 6.79. The number of nitrogens with zero attached hydrogens (tertiary/aromatic N) is 3. The van der Waals surface area contributed by atoms with Crippen LogP contribution < -0.4 is 10.2 Å². The molecule has 1 aromatic carbocycles. The molecule has 1 aromatic rings. The lowest BCUT2D eigenvalue weighted by molar-refractivity contribution is -0.146. The molecule has 1 saturated heterocycles. The number of amides is 1. The fourth-order valence-electron chi connectivity index (χ4n) is 3.85. The quantitative estimate of drug-likeness (QED) is 0.296. The summed E-state index contributed by atoms with van der Waals surface area (Å²) in [6, 6.07) is 8.00. The van der Waals surface area contributed by atoms with Crippen molar-refractivity contribution in [3.8, 4) is 0 Å². The Kier molecular flexibility index (Phi) is 8.09. The molecule has 3 rings (SSSR count). The molecule has 1 fully saturated rings. The summed E-state index contributed by atoms with van der Waals surface area (Å²) in [6.07, 6.45) is 0.885. The Morgan fingerprint density at radius 2 is 2.04 bits per heavy atom. The normalized spacial score (nSPS) is 21.2. The molecule has 2 heterocycles. The highest BCUT2D eigenvalue weighted by Gasteiger charge is 2.37. The molecule has 0 radical (unpaired) electrons. The second-order valence-corrected chi connectivity index (χ2v) is 7.11. The van der Waals surface area contributed by atoms with Gasteiger partial charge < -0.3 is 19.9 Å². The van der Waals surface area contributed by atoms with Gasteiger partial charge in [-0.15, -0.1) is 24.0 Å². The predicted octanol–water partition coefficient (Wildman–Crippen LogP) is 1.90. The molecule has 7 nitrogen and oxygen atoms in total. The fraction of sp³-hybridized carbons (Fsp3) is 0.550. The second-order valence-electron chi connectivity index (χ2n) is 7.11. The van der Waals surface area contributed by atoms with Gasteiger partial charge in [-0.25, -0.2) is 4.99 Å². The van der Waals surface area contributed by atoms with Crippen molar-refractivity contribution in [3.05, 3.63) is 29.8 Å². The maximum atomic E-state index is 12.7. The Balaban J connectivity index is 0.00000280. The molecule has 2 unspecified atom stereocenters. The molecule has 0 saturated carbocycles. The maximum Gasteiger partial charge on any atom is 0.310 e. The van der Waals surface area contributed by atoms with Crippen molar-refractivity contribution in [2.75, 3.05) is 44.7 Å². The summed E-state index contributed by atoms with van der Waals surface area (Å²) in [7, 11) is 1.42. The van der Waals surface area contributed by atoms with Gasteiger partial charge in [0.2, 0.25) is 5.91 Å². The van der Waals surface area contributed by atoms with Gasteiger partial charge >= 0.3 is 5.97 Å². The van der Waals surface area contributed by atoms with Crippen molar-refractivity contribution in [1.82, 2.24) is 10.2 Å². The minimum atomic E-state index is -0.189. The molecule has 28 heavy (non-hydrogen) atoms. The summed E-state index contributed by atoms with van der Waals surface area (Å²) in [5.74, 6) is 0.497. The van der Waals surface area contributed by atoms with Crippen LogP contribution in [0.5, 0.6) is 0 Å². The summed E-state index contributed by atoms with van der Waals surface area (Å²) in [4.78, 5) is 33.1. The zero-order valence-electron chi connectivity index (χ0n) is 16.7. The van der Waals surface area contributed by atoms with E-state index in [0.29, 0.717) is 32.1 Å². The number of para-hydroxylation sites is 1. The first-order chi connectivity index (χ1) is 13.0. The smallest absolute Gasteiger partial charge is 0.310 e. The first-order valence-electron chi connectivity index (χ1n) is 9.54. The molecule has 0 aliphatic carbocycles. The topological polar surface area (TPSA) is 74.2 Å². The minimum absolute atomic E-state index is 0. The lowest BCUT2D eigenvalue weighted by Crippen LogP contribution is -2.41. The third-order valence-corrected chi connectivity index (χ3v) is 5.30. The Bertz CT molecular complexity index is 740. The molecule has 0 spiro atoms. The Morgan fingerprint density at radius 1 is 1.29 bits per heavy atom. The number of likely N-dealkylation sites (tertiary alicyclic amines) is 1. The standard InChI is InChI=1S/C20H28N4O3.HI/c1-4-21-20(23-12-14(2)16(13-23)19(26)27-3)22-11-18(25)24-10-9-15-7-5-6-8-17(15)24;/h5-8,14,16H,4,9-13H2,1-3H3,(H,21,22);1H. The van der Waals surface area contributed by atoms with Crippen molar-refractivity contribution >= 4 is 47.5 Å². The van der Waals surface area contributed by atoms with Gasteiger partial charge in [-0.2, -0.15) is 0 Å². The third kappa shape index (κ3) is 4.76. The average molecular weight is 500 g/mol. The van der Waals surface area contributed by atoms with E-state index in [9.17, 15) is 9.59 Å². The molecule has 154 valence electrons. The van der Waals surface area contributed by atoms with Gasteiger partial charge in [-0.05, 0) is 30.9 Å². The number of carbonyl (C=O) groups excluding carboxylic acids is 2. The average Bonchev–Trinajstić information content (AvgIpc) is 3.28. The molecule has 2 aliphatic rings. The molecule has 8 heteroatoms. The van der Waals surface area contributed by atoms with Crippen LogP contribution in [-0.2, 0) is 20.7 Å². The monoisotopic (exact) mass is 500 g/mol. The van der Waals surface area contributed by atoms with Gasteiger partial charge in [0.05, 0.1) is 13.0 Å². The maximum absolute atomic E-state index is 12.7. The Labute approximate surface area is 183 Å². The number of methoxy groups -OCH3 is 1. The molecule has 0 bridgehead atoms. The lowest BCUT2D eigenvalue weighted by Gasteiger charge is -2.22. The van der Waals surface area contributed by atoms with Crippen LogP contribution in [0.15, 0.2) is 29.3 Å². The van der Waals surface area contributed by atoms with Crippen LogP contribution in [-0.4, -0.2) is 62.6 Å². The van der Waals surface area contributed by atoms with Crippen molar-refractivity contribution in [2.24, 2.45) is 16.8 Å². The number of anilines is 1. The summed E-state index contributed by atoms with van der Waals surface area (Å²) >= 11 is 0. The number of aliphatic imine (C=N–C) groups is 1. The number of esters is 1. The zero-order valence-corrected chi connectivity index (χ0v) is 19.0. The van der Waals surface area contributed by atoms with E-state index in [4.69, 9.17) is 4.74 Å². The van der Waals surface area contributed by atoms with Crippen molar-refractivity contribution < 1.29 is 14.3 Å². The van der Waals surface area contributed by atoms with Gasteiger partial charge in [-0.3, -0.25) is 9.59 Å². The SMILES string of the molecule is CCNC(=NCC(=O)N1CCc2ccccc21)N1CC(C)C(C(=O)OC)C1.I. The van der Waals surface area contributed by atoms with Gasteiger partial charge in [0.1, 0.15) is 6.54 Å². The Hall–Kier alpha value is -1.84. The number of halogens is 1. The number of hydrogen-bond donors (Lipinski definition) is 1. The van der Waals surface area contributed by atoms with E-state index in [1.807, 2.05) is 41.8 Å². The summed E-state index contributed by atoms with van der Waals surface area (Å²) in [5, 5.41) is 3.24. The van der Waals surface area contributed by atoms with Crippen LogP contribution >= 0.6 is 24.0 Å². The second kappa shape index (κ2) is 10.1. The van der Waals surface area contributed by atoms with Gasteiger partial charge in [0.25, 0.3) is 0 Å². The van der Waals surface area contributed by atoms with Gasteiger partial charge in [0.15, 0.2) is 5.96 Å². The Morgan fingerprint density at radius 3 is 2.75 bits per heavy atom. The van der Waals surface area contributed by atoms with Crippen LogP contribution in [0.25, 0.3) is 0 Å². The minimum Gasteiger partial charge on any atom is -0.469 e.